The van der Waals surface area contributed by atoms with E-state index in [4.69, 9.17) is 42.4 Å². The van der Waals surface area contributed by atoms with Crippen LogP contribution < -0.4 is 0 Å². The summed E-state index contributed by atoms with van der Waals surface area (Å²) in [6.07, 6.45) is 0. The Morgan fingerprint density at radius 2 is 1.37 bits per heavy atom. The Kier molecular flexibility index (Phi) is 7.76. The van der Waals surface area contributed by atoms with E-state index in [1.165, 1.54) is 7.11 Å². The Hall–Kier alpha value is -2.51. The molecule has 0 atom stereocenters. The quantitative estimate of drug-likeness (QED) is 0.355. The maximum atomic E-state index is 12.4. The van der Waals surface area contributed by atoms with Crippen molar-refractivity contribution in [1.82, 2.24) is 9.97 Å². The van der Waals surface area contributed by atoms with Gasteiger partial charge in [0, 0.05) is 28.3 Å². The molecule has 0 bridgehead atoms. The third kappa shape index (κ3) is 5.34. The first-order valence-electron chi connectivity index (χ1n) is 9.11. The van der Waals surface area contributed by atoms with E-state index in [0.717, 1.165) is 11.1 Å². The van der Waals surface area contributed by atoms with Crippen LogP contribution in [0.15, 0.2) is 48.5 Å². The zero-order valence-electron chi connectivity index (χ0n) is 16.5. The highest BCUT2D eigenvalue weighted by Crippen LogP contribution is 2.32. The minimum absolute atomic E-state index is 0.0856. The molecule has 0 aliphatic rings. The van der Waals surface area contributed by atoms with Gasteiger partial charge in [0.05, 0.1) is 38.3 Å². The fourth-order valence-electron chi connectivity index (χ4n) is 2.76. The molecular formula is C22H20Cl2N2O4. The Balaban J connectivity index is 2.16. The first-order chi connectivity index (χ1) is 14.5. The first kappa shape index (κ1) is 22.2. The number of rotatable bonds is 8. The molecular weight excluding hydrogens is 427 g/mol. The Morgan fingerprint density at radius 3 is 1.87 bits per heavy atom. The summed E-state index contributed by atoms with van der Waals surface area (Å²) in [6.45, 7) is 0.865. The SMILES string of the molecule is COCCOCc1nc(-c2ccc(Cl)cc2)c(-c2ccc(Cl)cc2)nc1C(=O)OC. The molecule has 1 aromatic heterocycles. The zero-order chi connectivity index (χ0) is 21.5. The van der Waals surface area contributed by atoms with Crippen LogP contribution in [0, 0.1) is 0 Å². The van der Waals surface area contributed by atoms with Gasteiger partial charge in [0.15, 0.2) is 5.69 Å². The Morgan fingerprint density at radius 1 is 0.833 bits per heavy atom. The summed E-state index contributed by atoms with van der Waals surface area (Å²) in [5.74, 6) is -0.592. The van der Waals surface area contributed by atoms with Crippen molar-refractivity contribution in [3.8, 4) is 22.5 Å². The fourth-order valence-corrected chi connectivity index (χ4v) is 3.01. The van der Waals surface area contributed by atoms with Gasteiger partial charge in [-0.05, 0) is 24.3 Å². The lowest BCUT2D eigenvalue weighted by molar-refractivity contribution is 0.0536. The maximum absolute atomic E-state index is 12.4. The third-order valence-corrected chi connectivity index (χ3v) is 4.76. The predicted octanol–water partition coefficient (Wildman–Crippen LogP) is 5.07. The lowest BCUT2D eigenvalue weighted by atomic mass is 10.0. The van der Waals surface area contributed by atoms with Crippen LogP contribution in [0.25, 0.3) is 22.5 Å². The summed E-state index contributed by atoms with van der Waals surface area (Å²) in [7, 11) is 2.89. The number of nitrogens with zero attached hydrogens (tertiary/aromatic N) is 2. The second-order valence-corrected chi connectivity index (χ2v) is 7.14. The molecule has 0 aliphatic heterocycles. The molecule has 1 heterocycles. The van der Waals surface area contributed by atoms with Gasteiger partial charge in [-0.1, -0.05) is 47.5 Å². The molecule has 6 nitrogen and oxygen atoms in total. The van der Waals surface area contributed by atoms with Crippen LogP contribution in [0.3, 0.4) is 0 Å². The topological polar surface area (TPSA) is 70.5 Å². The number of methoxy groups -OCH3 is 2. The van der Waals surface area contributed by atoms with E-state index < -0.39 is 5.97 Å². The number of hydrogen-bond donors (Lipinski definition) is 0. The number of carbonyl (C=O) groups excluding carboxylic acids is 1. The van der Waals surface area contributed by atoms with Crippen molar-refractivity contribution in [2.45, 2.75) is 6.61 Å². The van der Waals surface area contributed by atoms with E-state index in [0.29, 0.717) is 40.3 Å². The van der Waals surface area contributed by atoms with Gasteiger partial charge >= 0.3 is 5.97 Å². The van der Waals surface area contributed by atoms with E-state index in [2.05, 4.69) is 4.98 Å². The number of benzene rings is 2. The van der Waals surface area contributed by atoms with Crippen LogP contribution >= 0.6 is 23.2 Å². The molecule has 2 aromatic carbocycles. The predicted molar refractivity (Wildman–Crippen MR) is 116 cm³/mol. The molecule has 0 radical (unpaired) electrons. The van der Waals surface area contributed by atoms with Gasteiger partial charge in [-0.3, -0.25) is 0 Å². The molecule has 0 saturated carbocycles. The molecule has 8 heteroatoms. The molecule has 0 amide bonds. The molecule has 0 unspecified atom stereocenters. The van der Waals surface area contributed by atoms with Crippen molar-refractivity contribution in [2.75, 3.05) is 27.4 Å². The van der Waals surface area contributed by atoms with Gasteiger partial charge < -0.3 is 14.2 Å². The summed E-state index contributed by atoms with van der Waals surface area (Å²) in [6, 6.07) is 14.4. The molecule has 156 valence electrons. The molecule has 0 N–H and O–H groups in total. The van der Waals surface area contributed by atoms with Crippen molar-refractivity contribution < 1.29 is 19.0 Å². The van der Waals surface area contributed by atoms with E-state index in [1.807, 2.05) is 24.3 Å². The average Bonchev–Trinajstić information content (AvgIpc) is 2.77. The average molecular weight is 447 g/mol. The van der Waals surface area contributed by atoms with Gasteiger partial charge in [-0.15, -0.1) is 0 Å². The molecule has 0 fully saturated rings. The second-order valence-electron chi connectivity index (χ2n) is 6.27. The number of halogens is 2. The molecule has 0 saturated heterocycles. The molecule has 0 spiro atoms. The van der Waals surface area contributed by atoms with Crippen molar-refractivity contribution in [3.05, 3.63) is 70.0 Å². The number of ether oxygens (including phenoxy) is 3. The highest BCUT2D eigenvalue weighted by molar-refractivity contribution is 6.31. The summed E-state index contributed by atoms with van der Waals surface area (Å²) in [4.78, 5) is 21.8. The lowest BCUT2D eigenvalue weighted by Gasteiger charge is -2.14. The summed E-state index contributed by atoms with van der Waals surface area (Å²) < 4.78 is 15.5. The lowest BCUT2D eigenvalue weighted by Crippen LogP contribution is -2.14. The summed E-state index contributed by atoms with van der Waals surface area (Å²) >= 11 is 12.1. The third-order valence-electron chi connectivity index (χ3n) is 4.25. The zero-order valence-corrected chi connectivity index (χ0v) is 18.0. The van der Waals surface area contributed by atoms with Crippen molar-refractivity contribution in [1.29, 1.82) is 0 Å². The van der Waals surface area contributed by atoms with Gasteiger partial charge in [-0.2, -0.15) is 0 Å². The van der Waals surface area contributed by atoms with Crippen LogP contribution in [0.5, 0.6) is 0 Å². The summed E-state index contributed by atoms with van der Waals surface area (Å²) in [5.41, 5.74) is 3.14. The smallest absolute Gasteiger partial charge is 0.358 e. The molecule has 3 aromatic rings. The summed E-state index contributed by atoms with van der Waals surface area (Å²) in [5, 5.41) is 1.20. The van der Waals surface area contributed by atoms with Crippen molar-refractivity contribution in [3.63, 3.8) is 0 Å². The van der Waals surface area contributed by atoms with Gasteiger partial charge in [0.2, 0.25) is 0 Å². The standard InChI is InChI=1S/C22H20Cl2N2O4/c1-28-11-12-30-13-18-21(22(27)29-2)26-20(15-5-9-17(24)10-6-15)19(25-18)14-3-7-16(23)8-4-14/h3-10H,11-13H2,1-2H3. The van der Waals surface area contributed by atoms with Crippen LogP contribution in [0.4, 0.5) is 0 Å². The number of aromatic nitrogens is 2. The molecule has 3 rings (SSSR count). The van der Waals surface area contributed by atoms with E-state index in [1.54, 1.807) is 31.4 Å². The Labute approximate surface area is 184 Å². The van der Waals surface area contributed by atoms with Crippen molar-refractivity contribution in [2.24, 2.45) is 0 Å². The van der Waals surface area contributed by atoms with E-state index in [-0.39, 0.29) is 12.3 Å². The van der Waals surface area contributed by atoms with Crippen LogP contribution in [0.1, 0.15) is 16.2 Å². The fraction of sp³-hybridized carbons (Fsp3) is 0.227. The highest BCUT2D eigenvalue weighted by atomic mass is 35.5. The van der Waals surface area contributed by atoms with Gasteiger partial charge in [0.25, 0.3) is 0 Å². The minimum atomic E-state index is -0.592. The number of esters is 1. The van der Waals surface area contributed by atoms with E-state index in [9.17, 15) is 4.79 Å². The number of hydrogen-bond acceptors (Lipinski definition) is 6. The Bertz CT molecular complexity index is 1010. The minimum Gasteiger partial charge on any atom is -0.464 e. The van der Waals surface area contributed by atoms with Crippen molar-refractivity contribution >= 4 is 29.2 Å². The second kappa shape index (κ2) is 10.5. The van der Waals surface area contributed by atoms with Gasteiger partial charge in [-0.25, -0.2) is 14.8 Å². The van der Waals surface area contributed by atoms with Crippen LogP contribution in [-0.2, 0) is 20.8 Å². The molecule has 0 aliphatic carbocycles. The first-order valence-corrected chi connectivity index (χ1v) is 9.87. The van der Waals surface area contributed by atoms with Gasteiger partial charge in [0.1, 0.15) is 5.69 Å². The van der Waals surface area contributed by atoms with E-state index >= 15 is 0 Å². The normalized spacial score (nSPS) is 10.8. The molecule has 30 heavy (non-hydrogen) atoms. The monoisotopic (exact) mass is 446 g/mol. The van der Waals surface area contributed by atoms with Crippen LogP contribution in [0.2, 0.25) is 10.0 Å². The van der Waals surface area contributed by atoms with Crippen LogP contribution in [-0.4, -0.2) is 43.4 Å². The largest absolute Gasteiger partial charge is 0.464 e. The highest BCUT2D eigenvalue weighted by Gasteiger charge is 2.22. The number of carbonyl (C=O) groups is 1. The maximum Gasteiger partial charge on any atom is 0.358 e.